The first-order chi connectivity index (χ1) is 12.0. The van der Waals surface area contributed by atoms with Gasteiger partial charge in [0, 0.05) is 18.5 Å². The summed E-state index contributed by atoms with van der Waals surface area (Å²) in [5.74, 6) is -0.0749. The number of carbonyl (C=O) groups is 2. The third kappa shape index (κ3) is 4.04. The second-order valence-electron chi connectivity index (χ2n) is 6.45. The highest BCUT2D eigenvalue weighted by molar-refractivity contribution is 5.87. The van der Waals surface area contributed by atoms with E-state index in [9.17, 15) is 14.4 Å². The number of piperidine rings is 1. The Balaban J connectivity index is 1.59. The van der Waals surface area contributed by atoms with Gasteiger partial charge in [-0.2, -0.15) is 5.10 Å². The van der Waals surface area contributed by atoms with Gasteiger partial charge in [-0.15, -0.1) is 0 Å². The molecule has 0 atom stereocenters. The highest BCUT2D eigenvalue weighted by Crippen LogP contribution is 2.16. The minimum atomic E-state index is -0.538. The largest absolute Gasteiger partial charge is 0.455 e. The van der Waals surface area contributed by atoms with Crippen LogP contribution in [0.15, 0.2) is 29.1 Å². The minimum absolute atomic E-state index is 0.0956. The summed E-state index contributed by atoms with van der Waals surface area (Å²) in [6.45, 7) is 3.34. The number of aromatic amines is 1. The van der Waals surface area contributed by atoms with Gasteiger partial charge >= 0.3 is 5.97 Å². The summed E-state index contributed by atoms with van der Waals surface area (Å²) in [5.41, 5.74) is 0.127. The Bertz CT molecular complexity index is 838. The zero-order valence-corrected chi connectivity index (χ0v) is 14.2. The van der Waals surface area contributed by atoms with Crippen LogP contribution < -0.4 is 5.56 Å². The van der Waals surface area contributed by atoms with Crippen LogP contribution in [0.4, 0.5) is 0 Å². The minimum Gasteiger partial charge on any atom is -0.455 e. The first kappa shape index (κ1) is 17.1. The Morgan fingerprint density at radius 1 is 1.24 bits per heavy atom. The van der Waals surface area contributed by atoms with E-state index in [-0.39, 0.29) is 24.5 Å². The molecular formula is C18H21N3O4. The van der Waals surface area contributed by atoms with Crippen molar-refractivity contribution in [2.75, 3.05) is 19.7 Å². The molecule has 1 aromatic carbocycles. The summed E-state index contributed by atoms with van der Waals surface area (Å²) in [6.07, 6.45) is 1.86. The number of nitrogens with zero attached hydrogens (tertiary/aromatic N) is 2. The number of nitrogens with one attached hydrogen (secondary N) is 1. The van der Waals surface area contributed by atoms with E-state index < -0.39 is 5.97 Å². The summed E-state index contributed by atoms with van der Waals surface area (Å²) in [6, 6.07) is 6.93. The maximum absolute atomic E-state index is 12.1. The van der Waals surface area contributed by atoms with Gasteiger partial charge in [-0.05, 0) is 24.8 Å². The molecule has 0 unspecified atom stereocenters. The van der Waals surface area contributed by atoms with Gasteiger partial charge in [0.05, 0.1) is 17.5 Å². The molecule has 0 bridgehead atoms. The predicted octanol–water partition coefficient (Wildman–Crippen LogP) is 1.27. The van der Waals surface area contributed by atoms with Gasteiger partial charge in [-0.3, -0.25) is 14.4 Å². The number of hydrogen-bond donors (Lipinski definition) is 1. The van der Waals surface area contributed by atoms with Gasteiger partial charge in [-0.1, -0.05) is 25.1 Å². The molecule has 3 rings (SSSR count). The molecule has 0 aliphatic carbocycles. The van der Waals surface area contributed by atoms with Gasteiger partial charge in [0.25, 0.3) is 11.5 Å². The standard InChI is InChI=1S/C18H21N3O4/c1-12-6-8-21(9-7-12)16(22)11-25-17(23)10-15-13-4-2-3-5-14(13)18(24)20-19-15/h2-5,12H,6-11H2,1H3,(H,20,24). The maximum Gasteiger partial charge on any atom is 0.312 e. The van der Waals surface area contributed by atoms with Gasteiger partial charge in [0.2, 0.25) is 0 Å². The fourth-order valence-corrected chi connectivity index (χ4v) is 2.99. The number of fused-ring (bicyclic) bond motifs is 1. The number of likely N-dealkylation sites (tertiary alicyclic amines) is 1. The molecule has 0 spiro atoms. The average molecular weight is 343 g/mol. The van der Waals surface area contributed by atoms with Crippen LogP contribution >= 0.6 is 0 Å². The lowest BCUT2D eigenvalue weighted by molar-refractivity contribution is -0.152. The van der Waals surface area contributed by atoms with Crippen LogP contribution in [-0.4, -0.2) is 46.7 Å². The Kier molecular flexibility index (Phi) is 5.11. The predicted molar refractivity (Wildman–Crippen MR) is 92.0 cm³/mol. The fraction of sp³-hybridized carbons (Fsp3) is 0.444. The molecule has 0 radical (unpaired) electrons. The lowest BCUT2D eigenvalue weighted by atomic mass is 9.99. The first-order valence-electron chi connectivity index (χ1n) is 8.44. The molecule has 132 valence electrons. The number of hydrogen-bond acceptors (Lipinski definition) is 5. The molecule has 1 aromatic heterocycles. The van der Waals surface area contributed by atoms with E-state index in [0.29, 0.717) is 35.5 Å². The van der Waals surface area contributed by atoms with Gasteiger partial charge in [0.1, 0.15) is 0 Å². The smallest absolute Gasteiger partial charge is 0.312 e. The number of carbonyl (C=O) groups excluding carboxylic acids is 2. The third-order valence-corrected chi connectivity index (χ3v) is 4.58. The molecule has 7 heteroatoms. The van der Waals surface area contributed by atoms with E-state index in [1.165, 1.54) is 0 Å². The van der Waals surface area contributed by atoms with Crippen LogP contribution in [0.3, 0.4) is 0 Å². The van der Waals surface area contributed by atoms with E-state index >= 15 is 0 Å². The number of benzene rings is 1. The zero-order valence-electron chi connectivity index (χ0n) is 14.2. The number of aromatic nitrogens is 2. The lowest BCUT2D eigenvalue weighted by Crippen LogP contribution is -2.40. The van der Waals surface area contributed by atoms with E-state index in [4.69, 9.17) is 4.74 Å². The second kappa shape index (κ2) is 7.46. The van der Waals surface area contributed by atoms with E-state index in [2.05, 4.69) is 17.1 Å². The summed E-state index contributed by atoms with van der Waals surface area (Å²) in [7, 11) is 0. The highest BCUT2D eigenvalue weighted by atomic mass is 16.5. The molecule has 1 amide bonds. The number of amides is 1. The summed E-state index contributed by atoms with van der Waals surface area (Å²) >= 11 is 0. The monoisotopic (exact) mass is 343 g/mol. The van der Waals surface area contributed by atoms with E-state index in [1.54, 1.807) is 29.2 Å². The van der Waals surface area contributed by atoms with Crippen LogP contribution in [0.25, 0.3) is 10.8 Å². The molecule has 7 nitrogen and oxygen atoms in total. The molecule has 1 fully saturated rings. The van der Waals surface area contributed by atoms with Crippen LogP contribution in [-0.2, 0) is 20.7 Å². The van der Waals surface area contributed by atoms with E-state index in [1.807, 2.05) is 0 Å². The Morgan fingerprint density at radius 2 is 1.92 bits per heavy atom. The quantitative estimate of drug-likeness (QED) is 0.844. The Morgan fingerprint density at radius 3 is 2.64 bits per heavy atom. The molecule has 25 heavy (non-hydrogen) atoms. The van der Waals surface area contributed by atoms with Gasteiger partial charge < -0.3 is 9.64 Å². The van der Waals surface area contributed by atoms with Gasteiger partial charge in [-0.25, -0.2) is 5.10 Å². The molecule has 1 N–H and O–H groups in total. The fourth-order valence-electron chi connectivity index (χ4n) is 2.99. The van der Waals surface area contributed by atoms with E-state index in [0.717, 1.165) is 12.8 Å². The molecule has 1 aliphatic rings. The number of ether oxygens (including phenoxy) is 1. The molecule has 0 saturated carbocycles. The summed E-state index contributed by atoms with van der Waals surface area (Å²) in [5, 5.41) is 7.40. The molecular weight excluding hydrogens is 322 g/mol. The zero-order chi connectivity index (χ0) is 17.8. The van der Waals surface area contributed by atoms with Crippen LogP contribution in [0.2, 0.25) is 0 Å². The van der Waals surface area contributed by atoms with Crippen molar-refractivity contribution in [3.63, 3.8) is 0 Å². The lowest BCUT2D eigenvalue weighted by Gasteiger charge is -2.30. The SMILES string of the molecule is CC1CCN(C(=O)COC(=O)Cc2n[nH]c(=O)c3ccccc23)CC1. The summed E-state index contributed by atoms with van der Waals surface area (Å²) in [4.78, 5) is 37.6. The van der Waals surface area contributed by atoms with Crippen LogP contribution in [0.1, 0.15) is 25.5 Å². The number of H-pyrrole nitrogens is 1. The Labute approximate surface area is 145 Å². The van der Waals surface area contributed by atoms with Crippen molar-refractivity contribution in [2.24, 2.45) is 5.92 Å². The normalized spacial score (nSPS) is 15.3. The highest BCUT2D eigenvalue weighted by Gasteiger charge is 2.21. The van der Waals surface area contributed by atoms with Crippen LogP contribution in [0.5, 0.6) is 0 Å². The van der Waals surface area contributed by atoms with Crippen molar-refractivity contribution in [1.82, 2.24) is 15.1 Å². The van der Waals surface area contributed by atoms with Crippen molar-refractivity contribution in [2.45, 2.75) is 26.2 Å². The third-order valence-electron chi connectivity index (χ3n) is 4.58. The molecule has 1 saturated heterocycles. The van der Waals surface area contributed by atoms with Crippen molar-refractivity contribution < 1.29 is 14.3 Å². The van der Waals surface area contributed by atoms with Crippen molar-refractivity contribution in [3.8, 4) is 0 Å². The van der Waals surface area contributed by atoms with Crippen molar-refractivity contribution in [3.05, 3.63) is 40.3 Å². The second-order valence-corrected chi connectivity index (χ2v) is 6.45. The van der Waals surface area contributed by atoms with Crippen molar-refractivity contribution in [1.29, 1.82) is 0 Å². The molecule has 1 aliphatic heterocycles. The summed E-state index contributed by atoms with van der Waals surface area (Å²) < 4.78 is 5.10. The Hall–Kier alpha value is -2.70. The number of esters is 1. The maximum atomic E-state index is 12.1. The first-order valence-corrected chi connectivity index (χ1v) is 8.44. The average Bonchev–Trinajstić information content (AvgIpc) is 2.63. The molecule has 2 heterocycles. The van der Waals surface area contributed by atoms with Crippen LogP contribution in [0, 0.1) is 5.92 Å². The van der Waals surface area contributed by atoms with Gasteiger partial charge in [0.15, 0.2) is 6.61 Å². The topological polar surface area (TPSA) is 92.4 Å². The van der Waals surface area contributed by atoms with Crippen molar-refractivity contribution >= 4 is 22.6 Å². The molecule has 2 aromatic rings. The number of rotatable bonds is 4.